The van der Waals surface area contributed by atoms with Gasteiger partial charge in [-0.25, -0.2) is 9.37 Å². The van der Waals surface area contributed by atoms with Gasteiger partial charge in [-0.2, -0.15) is 0 Å². The maximum absolute atomic E-state index is 13.0. The number of H-pyrrole nitrogens is 1. The lowest BCUT2D eigenvalue weighted by Gasteiger charge is -2.14. The van der Waals surface area contributed by atoms with Crippen LogP contribution in [0.25, 0.3) is 11.2 Å². The Kier molecular flexibility index (Phi) is 2.91. The van der Waals surface area contributed by atoms with Gasteiger partial charge in [0.05, 0.1) is 11.6 Å². The highest BCUT2D eigenvalue weighted by atomic mass is 32.1. The molecule has 0 radical (unpaired) electrons. The van der Waals surface area contributed by atoms with Crippen LogP contribution in [0.3, 0.4) is 0 Å². The number of hydrogen-bond acceptors (Lipinski definition) is 2. The van der Waals surface area contributed by atoms with Crippen molar-refractivity contribution in [2.75, 3.05) is 0 Å². The highest BCUT2D eigenvalue weighted by Crippen LogP contribution is 2.23. The second kappa shape index (κ2) is 4.59. The van der Waals surface area contributed by atoms with Crippen LogP contribution in [0, 0.1) is 10.6 Å². The van der Waals surface area contributed by atoms with Crippen molar-refractivity contribution in [3.8, 4) is 0 Å². The van der Waals surface area contributed by atoms with Crippen LogP contribution in [0.2, 0.25) is 0 Å². The molecule has 2 aromatic heterocycles. The third-order valence-corrected chi connectivity index (χ3v) is 3.51. The van der Waals surface area contributed by atoms with E-state index in [2.05, 4.69) is 9.97 Å². The Bertz CT molecular complexity index is 773. The standard InChI is InChI=1S/C14H12FN3S/c1-9(10-4-6-11(15)7-5-10)18-13-12(17-14(18)19)3-2-8-16-13/h2-9H,1H3,(H,17,19). The van der Waals surface area contributed by atoms with Crippen molar-refractivity contribution in [3.05, 3.63) is 58.7 Å². The van der Waals surface area contributed by atoms with Crippen LogP contribution in [-0.4, -0.2) is 14.5 Å². The molecule has 96 valence electrons. The molecule has 0 aliphatic heterocycles. The molecule has 5 heteroatoms. The van der Waals surface area contributed by atoms with Crippen LogP contribution in [0.4, 0.5) is 4.39 Å². The number of nitrogens with one attached hydrogen (secondary N) is 1. The van der Waals surface area contributed by atoms with Crippen LogP contribution >= 0.6 is 12.2 Å². The second-order valence-corrected chi connectivity index (χ2v) is 4.79. The van der Waals surface area contributed by atoms with E-state index >= 15 is 0 Å². The molecule has 3 aromatic rings. The minimum atomic E-state index is -0.239. The van der Waals surface area contributed by atoms with Gasteiger partial charge < -0.3 is 4.98 Å². The van der Waals surface area contributed by atoms with Crippen molar-refractivity contribution in [1.82, 2.24) is 14.5 Å². The summed E-state index contributed by atoms with van der Waals surface area (Å²) in [5.74, 6) is -0.239. The van der Waals surface area contributed by atoms with E-state index in [1.54, 1.807) is 18.3 Å². The maximum Gasteiger partial charge on any atom is 0.179 e. The zero-order valence-corrected chi connectivity index (χ0v) is 11.1. The molecular weight excluding hydrogens is 261 g/mol. The number of aromatic nitrogens is 3. The van der Waals surface area contributed by atoms with Crippen LogP contribution in [0.1, 0.15) is 18.5 Å². The zero-order chi connectivity index (χ0) is 13.4. The number of nitrogens with zero attached hydrogens (tertiary/aromatic N) is 2. The van der Waals surface area contributed by atoms with Crippen molar-refractivity contribution in [3.63, 3.8) is 0 Å². The van der Waals surface area contributed by atoms with Gasteiger partial charge in [-0.15, -0.1) is 0 Å². The van der Waals surface area contributed by atoms with E-state index in [4.69, 9.17) is 12.2 Å². The number of aromatic amines is 1. The van der Waals surface area contributed by atoms with E-state index in [1.807, 2.05) is 23.6 Å². The summed E-state index contributed by atoms with van der Waals surface area (Å²) in [5.41, 5.74) is 2.70. The summed E-state index contributed by atoms with van der Waals surface area (Å²) in [7, 11) is 0. The first kappa shape index (κ1) is 12.0. The number of benzene rings is 1. The molecule has 1 N–H and O–H groups in total. The van der Waals surface area contributed by atoms with Crippen molar-refractivity contribution in [2.24, 2.45) is 0 Å². The van der Waals surface area contributed by atoms with Gasteiger partial charge in [-0.05, 0) is 49.0 Å². The van der Waals surface area contributed by atoms with E-state index in [1.165, 1.54) is 12.1 Å². The van der Waals surface area contributed by atoms with Gasteiger partial charge in [0.15, 0.2) is 10.4 Å². The van der Waals surface area contributed by atoms with E-state index in [-0.39, 0.29) is 11.9 Å². The number of rotatable bonds is 2. The lowest BCUT2D eigenvalue weighted by atomic mass is 10.1. The largest absolute Gasteiger partial charge is 0.329 e. The number of halogens is 1. The molecule has 1 atom stereocenters. The molecule has 0 bridgehead atoms. The smallest absolute Gasteiger partial charge is 0.179 e. The first-order valence-electron chi connectivity index (χ1n) is 5.97. The third kappa shape index (κ3) is 2.06. The summed E-state index contributed by atoms with van der Waals surface area (Å²) in [6.07, 6.45) is 1.73. The summed E-state index contributed by atoms with van der Waals surface area (Å²) >= 11 is 5.35. The predicted octanol–water partition coefficient (Wildman–Crippen LogP) is 3.84. The topological polar surface area (TPSA) is 33.6 Å². The summed E-state index contributed by atoms with van der Waals surface area (Å²) in [5, 5.41) is 0. The van der Waals surface area contributed by atoms with Crippen molar-refractivity contribution >= 4 is 23.4 Å². The van der Waals surface area contributed by atoms with E-state index < -0.39 is 0 Å². The lowest BCUT2D eigenvalue weighted by molar-refractivity contribution is 0.617. The molecule has 1 unspecified atom stereocenters. The Hall–Kier alpha value is -2.01. The van der Waals surface area contributed by atoms with E-state index in [0.717, 1.165) is 16.7 Å². The summed E-state index contributed by atoms with van der Waals surface area (Å²) < 4.78 is 15.5. The van der Waals surface area contributed by atoms with Crippen molar-refractivity contribution < 1.29 is 4.39 Å². The molecule has 1 aromatic carbocycles. The van der Waals surface area contributed by atoms with Gasteiger partial charge in [0, 0.05) is 6.20 Å². The number of hydrogen-bond donors (Lipinski definition) is 1. The SMILES string of the molecule is CC(c1ccc(F)cc1)n1c(=S)[nH]c2cccnc21. The molecule has 0 amide bonds. The van der Waals surface area contributed by atoms with Gasteiger partial charge in [0.1, 0.15) is 5.82 Å². The third-order valence-electron chi connectivity index (χ3n) is 3.21. The van der Waals surface area contributed by atoms with Crippen LogP contribution in [0.15, 0.2) is 42.6 Å². The molecule has 0 aliphatic carbocycles. The lowest BCUT2D eigenvalue weighted by Crippen LogP contribution is -2.07. The molecule has 19 heavy (non-hydrogen) atoms. The van der Waals surface area contributed by atoms with Crippen LogP contribution in [-0.2, 0) is 0 Å². The summed E-state index contributed by atoms with van der Waals surface area (Å²) in [4.78, 5) is 7.49. The molecule has 0 fully saturated rings. The number of imidazole rings is 1. The fourth-order valence-corrected chi connectivity index (χ4v) is 2.56. The highest BCUT2D eigenvalue weighted by molar-refractivity contribution is 7.71. The molecule has 2 heterocycles. The quantitative estimate of drug-likeness (QED) is 0.720. The van der Waals surface area contributed by atoms with E-state index in [0.29, 0.717) is 4.77 Å². The molecular formula is C14H12FN3S. The van der Waals surface area contributed by atoms with Crippen LogP contribution < -0.4 is 0 Å². The summed E-state index contributed by atoms with van der Waals surface area (Å²) in [6.45, 7) is 2.02. The molecule has 3 rings (SSSR count). The highest BCUT2D eigenvalue weighted by Gasteiger charge is 2.13. The van der Waals surface area contributed by atoms with Crippen molar-refractivity contribution in [1.29, 1.82) is 0 Å². The normalized spacial score (nSPS) is 12.7. The van der Waals surface area contributed by atoms with Gasteiger partial charge in [-0.1, -0.05) is 12.1 Å². The Morgan fingerprint density at radius 2 is 2.00 bits per heavy atom. The molecule has 0 aliphatic rings. The van der Waals surface area contributed by atoms with Crippen LogP contribution in [0.5, 0.6) is 0 Å². The molecule has 0 saturated carbocycles. The Morgan fingerprint density at radius 1 is 1.26 bits per heavy atom. The first-order valence-corrected chi connectivity index (χ1v) is 6.38. The second-order valence-electron chi connectivity index (χ2n) is 4.40. The minimum Gasteiger partial charge on any atom is -0.329 e. The Balaban J connectivity index is 2.16. The monoisotopic (exact) mass is 273 g/mol. The fourth-order valence-electron chi connectivity index (χ4n) is 2.21. The maximum atomic E-state index is 13.0. The molecule has 0 saturated heterocycles. The first-order chi connectivity index (χ1) is 9.16. The van der Waals surface area contributed by atoms with E-state index in [9.17, 15) is 4.39 Å². The van der Waals surface area contributed by atoms with Gasteiger partial charge in [-0.3, -0.25) is 4.57 Å². The average molecular weight is 273 g/mol. The number of fused-ring (bicyclic) bond motifs is 1. The van der Waals surface area contributed by atoms with Crippen molar-refractivity contribution in [2.45, 2.75) is 13.0 Å². The zero-order valence-electron chi connectivity index (χ0n) is 10.3. The predicted molar refractivity (Wildman–Crippen MR) is 75.1 cm³/mol. The average Bonchev–Trinajstić information content (AvgIpc) is 2.74. The number of pyridine rings is 1. The van der Waals surface area contributed by atoms with Gasteiger partial charge in [0.25, 0.3) is 0 Å². The molecule has 0 spiro atoms. The Labute approximate surface area is 114 Å². The Morgan fingerprint density at radius 3 is 2.74 bits per heavy atom. The molecule has 3 nitrogen and oxygen atoms in total. The van der Waals surface area contributed by atoms with Gasteiger partial charge >= 0.3 is 0 Å². The fraction of sp³-hybridized carbons (Fsp3) is 0.143. The minimum absolute atomic E-state index is 0.00301. The van der Waals surface area contributed by atoms with Gasteiger partial charge in [0.2, 0.25) is 0 Å². The summed E-state index contributed by atoms with van der Waals surface area (Å²) in [6, 6.07) is 10.2.